The van der Waals surface area contributed by atoms with E-state index in [1.54, 1.807) is 25.1 Å². The third-order valence-electron chi connectivity index (χ3n) is 5.02. The number of hydrogen-bond donors (Lipinski definition) is 1. The van der Waals surface area contributed by atoms with Crippen LogP contribution in [-0.2, 0) is 16.0 Å². The van der Waals surface area contributed by atoms with Crippen molar-refractivity contribution in [3.8, 4) is 5.75 Å². The summed E-state index contributed by atoms with van der Waals surface area (Å²) < 4.78 is 10.6. The number of carbonyl (C=O) groups excluding carboxylic acids is 1. The van der Waals surface area contributed by atoms with Crippen LogP contribution < -0.4 is 9.64 Å². The van der Waals surface area contributed by atoms with Crippen molar-refractivity contribution in [2.75, 3.05) is 51.9 Å². The van der Waals surface area contributed by atoms with E-state index in [0.717, 1.165) is 43.1 Å². The normalized spacial score (nSPS) is 15.2. The van der Waals surface area contributed by atoms with Crippen molar-refractivity contribution in [3.63, 3.8) is 0 Å². The summed E-state index contributed by atoms with van der Waals surface area (Å²) in [6, 6.07) is 15.4. The molecule has 0 bridgehead atoms. The van der Waals surface area contributed by atoms with Crippen molar-refractivity contribution in [2.45, 2.75) is 12.5 Å². The van der Waals surface area contributed by atoms with Gasteiger partial charge in [0.05, 0.1) is 39.4 Å². The van der Waals surface area contributed by atoms with Crippen LogP contribution in [0.4, 0.5) is 5.69 Å². The largest absolute Gasteiger partial charge is 0.497 e. The zero-order valence-electron chi connectivity index (χ0n) is 16.5. The summed E-state index contributed by atoms with van der Waals surface area (Å²) in [7, 11) is 3.30. The topological polar surface area (TPSA) is 62.2 Å². The molecule has 2 aromatic carbocycles. The predicted octanol–water partition coefficient (Wildman–Crippen LogP) is 2.27. The second-order valence-electron chi connectivity index (χ2n) is 7.01. The van der Waals surface area contributed by atoms with Crippen molar-refractivity contribution in [3.05, 3.63) is 59.7 Å². The molecule has 1 saturated heterocycles. The third-order valence-corrected chi connectivity index (χ3v) is 5.02. The number of aliphatic hydroxyl groups excluding tert-OH is 1. The number of nitrogens with zero attached hydrogens (tertiary/aromatic N) is 2. The van der Waals surface area contributed by atoms with Crippen LogP contribution in [0.15, 0.2) is 48.5 Å². The Kier molecular flexibility index (Phi) is 6.90. The van der Waals surface area contributed by atoms with Gasteiger partial charge >= 0.3 is 0 Å². The first-order valence-corrected chi connectivity index (χ1v) is 9.54. The van der Waals surface area contributed by atoms with Gasteiger partial charge < -0.3 is 24.4 Å². The average Bonchev–Trinajstić information content (AvgIpc) is 2.74. The van der Waals surface area contributed by atoms with E-state index in [4.69, 9.17) is 9.47 Å². The number of hydrogen-bond acceptors (Lipinski definition) is 5. The third kappa shape index (κ3) is 5.24. The van der Waals surface area contributed by atoms with Crippen LogP contribution in [-0.4, -0.2) is 62.9 Å². The number of methoxy groups -OCH3 is 1. The monoisotopic (exact) mass is 384 g/mol. The van der Waals surface area contributed by atoms with E-state index in [1.807, 2.05) is 30.3 Å². The predicted molar refractivity (Wildman–Crippen MR) is 109 cm³/mol. The van der Waals surface area contributed by atoms with Crippen LogP contribution in [0.3, 0.4) is 0 Å². The highest BCUT2D eigenvalue weighted by molar-refractivity contribution is 5.78. The molecule has 1 aliphatic rings. The second kappa shape index (κ2) is 9.57. The van der Waals surface area contributed by atoms with Crippen molar-refractivity contribution in [1.82, 2.24) is 4.90 Å². The Balaban J connectivity index is 1.54. The lowest BCUT2D eigenvalue weighted by molar-refractivity contribution is -0.130. The molecule has 28 heavy (non-hydrogen) atoms. The molecule has 0 spiro atoms. The van der Waals surface area contributed by atoms with Gasteiger partial charge in [0.15, 0.2) is 0 Å². The number of amides is 1. The Morgan fingerprint density at radius 1 is 1.21 bits per heavy atom. The van der Waals surface area contributed by atoms with E-state index >= 15 is 0 Å². The van der Waals surface area contributed by atoms with Crippen molar-refractivity contribution >= 4 is 11.6 Å². The average molecular weight is 384 g/mol. The number of likely N-dealkylation sites (N-methyl/N-ethyl adjacent to an activating group) is 1. The first kappa shape index (κ1) is 20.2. The van der Waals surface area contributed by atoms with Crippen molar-refractivity contribution < 1.29 is 19.4 Å². The summed E-state index contributed by atoms with van der Waals surface area (Å²) in [5.41, 5.74) is 2.85. The van der Waals surface area contributed by atoms with Crippen LogP contribution in [0.1, 0.15) is 17.2 Å². The number of morpholine rings is 1. The van der Waals surface area contributed by atoms with Crippen LogP contribution >= 0.6 is 0 Å². The first-order valence-electron chi connectivity index (χ1n) is 9.54. The fourth-order valence-electron chi connectivity index (χ4n) is 3.27. The van der Waals surface area contributed by atoms with Gasteiger partial charge in [-0.2, -0.15) is 0 Å². The Morgan fingerprint density at radius 3 is 2.61 bits per heavy atom. The summed E-state index contributed by atoms with van der Waals surface area (Å²) in [4.78, 5) is 16.4. The molecule has 0 aromatic heterocycles. The van der Waals surface area contributed by atoms with Crippen molar-refractivity contribution in [1.29, 1.82) is 0 Å². The molecular weight excluding hydrogens is 356 g/mol. The lowest BCUT2D eigenvalue weighted by Gasteiger charge is -2.29. The van der Waals surface area contributed by atoms with Gasteiger partial charge in [0.2, 0.25) is 5.91 Å². The zero-order chi connectivity index (χ0) is 19.9. The summed E-state index contributed by atoms with van der Waals surface area (Å²) >= 11 is 0. The molecule has 0 radical (unpaired) electrons. The quantitative estimate of drug-likeness (QED) is 0.794. The SMILES string of the molecule is COc1cccc(C(O)CN(C)C(=O)Cc2ccc(N3CCOCC3)cc2)c1. The highest BCUT2D eigenvalue weighted by Crippen LogP contribution is 2.20. The molecule has 2 aromatic rings. The van der Waals surface area contributed by atoms with Crippen LogP contribution in [0.25, 0.3) is 0 Å². The highest BCUT2D eigenvalue weighted by atomic mass is 16.5. The molecule has 1 N–H and O–H groups in total. The number of anilines is 1. The minimum atomic E-state index is -0.757. The Hall–Kier alpha value is -2.57. The van der Waals surface area contributed by atoms with E-state index in [0.29, 0.717) is 12.2 Å². The molecule has 1 unspecified atom stereocenters. The van der Waals surface area contributed by atoms with Crippen molar-refractivity contribution in [2.24, 2.45) is 0 Å². The Bertz CT molecular complexity index is 772. The van der Waals surface area contributed by atoms with Crippen LogP contribution in [0.2, 0.25) is 0 Å². The molecule has 1 amide bonds. The van der Waals surface area contributed by atoms with E-state index in [9.17, 15) is 9.90 Å². The molecule has 1 fully saturated rings. The zero-order valence-corrected chi connectivity index (χ0v) is 16.5. The number of carbonyl (C=O) groups is 1. The van der Waals surface area contributed by atoms with Crippen LogP contribution in [0, 0.1) is 0 Å². The highest BCUT2D eigenvalue weighted by Gasteiger charge is 2.17. The van der Waals surface area contributed by atoms with Gasteiger partial charge in [0.1, 0.15) is 5.75 Å². The van der Waals surface area contributed by atoms with E-state index < -0.39 is 6.10 Å². The molecule has 1 aliphatic heterocycles. The lowest BCUT2D eigenvalue weighted by atomic mass is 10.1. The van der Waals surface area contributed by atoms with Gasteiger partial charge in [-0.15, -0.1) is 0 Å². The van der Waals surface area contributed by atoms with Gasteiger partial charge in [-0.25, -0.2) is 0 Å². The fourth-order valence-corrected chi connectivity index (χ4v) is 3.27. The van der Waals surface area contributed by atoms with E-state index in [2.05, 4.69) is 17.0 Å². The number of aliphatic hydroxyl groups is 1. The van der Waals surface area contributed by atoms with E-state index in [-0.39, 0.29) is 12.5 Å². The maximum atomic E-state index is 12.6. The summed E-state index contributed by atoms with van der Waals surface area (Å²) in [6.45, 7) is 3.52. The minimum absolute atomic E-state index is 0.0268. The van der Waals surface area contributed by atoms with Crippen LogP contribution in [0.5, 0.6) is 5.75 Å². The summed E-state index contributed by atoms with van der Waals surface area (Å²) in [5, 5.41) is 10.4. The summed E-state index contributed by atoms with van der Waals surface area (Å²) in [5.74, 6) is 0.659. The van der Waals surface area contributed by atoms with Gasteiger partial charge in [0.25, 0.3) is 0 Å². The molecule has 3 rings (SSSR count). The molecule has 0 aliphatic carbocycles. The maximum Gasteiger partial charge on any atom is 0.226 e. The number of rotatable bonds is 7. The molecule has 150 valence electrons. The van der Waals surface area contributed by atoms with Gasteiger partial charge in [0, 0.05) is 25.8 Å². The standard InChI is InChI=1S/C22H28N2O4/c1-23(16-21(25)18-4-3-5-20(15-18)27-2)22(26)14-17-6-8-19(9-7-17)24-10-12-28-13-11-24/h3-9,15,21,25H,10-14,16H2,1-2H3. The second-order valence-corrected chi connectivity index (χ2v) is 7.01. The minimum Gasteiger partial charge on any atom is -0.497 e. The Morgan fingerprint density at radius 2 is 1.93 bits per heavy atom. The molecule has 1 heterocycles. The first-order chi connectivity index (χ1) is 13.6. The number of ether oxygens (including phenoxy) is 2. The molecule has 0 saturated carbocycles. The van der Waals surface area contributed by atoms with Gasteiger partial charge in [-0.05, 0) is 35.4 Å². The number of benzene rings is 2. The smallest absolute Gasteiger partial charge is 0.226 e. The maximum absolute atomic E-state index is 12.6. The van der Waals surface area contributed by atoms with E-state index in [1.165, 1.54) is 0 Å². The molecule has 6 nitrogen and oxygen atoms in total. The Labute approximate surface area is 166 Å². The molecule has 1 atom stereocenters. The van der Waals surface area contributed by atoms with Gasteiger partial charge in [-0.1, -0.05) is 24.3 Å². The lowest BCUT2D eigenvalue weighted by Crippen LogP contribution is -2.36. The molecular formula is C22H28N2O4. The fraction of sp³-hybridized carbons (Fsp3) is 0.409. The molecule has 6 heteroatoms. The summed E-state index contributed by atoms with van der Waals surface area (Å²) in [6.07, 6.45) is -0.446. The van der Waals surface area contributed by atoms with Gasteiger partial charge in [-0.3, -0.25) is 4.79 Å².